The van der Waals surface area contributed by atoms with Gasteiger partial charge in [-0.3, -0.25) is 14.6 Å². The fourth-order valence-electron chi connectivity index (χ4n) is 2.46. The van der Waals surface area contributed by atoms with E-state index in [2.05, 4.69) is 10.3 Å². The first kappa shape index (κ1) is 18.4. The Bertz CT molecular complexity index is 704. The maximum absolute atomic E-state index is 12.1. The number of hydrogen-bond donors (Lipinski definition) is 1. The first-order chi connectivity index (χ1) is 12.1. The van der Waals surface area contributed by atoms with Gasteiger partial charge in [0.2, 0.25) is 11.8 Å². The Labute approximate surface area is 147 Å². The molecule has 0 bridgehead atoms. The zero-order chi connectivity index (χ0) is 18.1. The average Bonchev–Trinajstić information content (AvgIpc) is 2.62. The normalized spacial score (nSPS) is 10.2. The number of rotatable bonds is 8. The molecular formula is C19H23N3O3. The highest BCUT2D eigenvalue weighted by Gasteiger charge is 2.14. The molecule has 0 aliphatic carbocycles. The maximum Gasteiger partial charge on any atom is 0.239 e. The Morgan fingerprint density at radius 2 is 1.88 bits per heavy atom. The molecule has 25 heavy (non-hydrogen) atoms. The molecule has 0 saturated carbocycles. The van der Waals surface area contributed by atoms with Crippen molar-refractivity contribution in [2.45, 2.75) is 19.9 Å². The Morgan fingerprint density at radius 3 is 2.56 bits per heavy atom. The van der Waals surface area contributed by atoms with Crippen molar-refractivity contribution in [3.8, 4) is 5.75 Å². The van der Waals surface area contributed by atoms with Crippen LogP contribution in [0.4, 0.5) is 0 Å². The van der Waals surface area contributed by atoms with Crippen molar-refractivity contribution in [2.24, 2.45) is 0 Å². The van der Waals surface area contributed by atoms with Crippen molar-refractivity contribution in [3.05, 3.63) is 59.9 Å². The number of para-hydroxylation sites is 1. The molecule has 0 spiro atoms. The molecule has 2 aromatic rings. The van der Waals surface area contributed by atoms with Crippen LogP contribution in [0, 0.1) is 0 Å². The summed E-state index contributed by atoms with van der Waals surface area (Å²) in [5.74, 6) is 0.482. The van der Waals surface area contributed by atoms with E-state index in [0.717, 1.165) is 16.9 Å². The minimum atomic E-state index is -0.181. The molecule has 1 N–H and O–H groups in total. The lowest BCUT2D eigenvalue weighted by Gasteiger charge is -2.20. The number of nitrogens with zero attached hydrogens (tertiary/aromatic N) is 2. The van der Waals surface area contributed by atoms with E-state index >= 15 is 0 Å². The summed E-state index contributed by atoms with van der Waals surface area (Å²) in [6.07, 6.45) is 4.00. The van der Waals surface area contributed by atoms with E-state index in [1.165, 1.54) is 11.8 Å². The van der Waals surface area contributed by atoms with E-state index in [1.807, 2.05) is 36.4 Å². The molecule has 6 nitrogen and oxygen atoms in total. The molecule has 2 rings (SSSR count). The lowest BCUT2D eigenvalue weighted by molar-refractivity contribution is -0.134. The van der Waals surface area contributed by atoms with Gasteiger partial charge in [-0.25, -0.2) is 0 Å². The maximum atomic E-state index is 12.1. The van der Waals surface area contributed by atoms with Crippen molar-refractivity contribution < 1.29 is 14.3 Å². The van der Waals surface area contributed by atoms with Gasteiger partial charge in [0.15, 0.2) is 0 Å². The minimum Gasteiger partial charge on any atom is -0.496 e. The van der Waals surface area contributed by atoms with Gasteiger partial charge in [0.1, 0.15) is 5.75 Å². The number of aromatic nitrogens is 1. The average molecular weight is 341 g/mol. The van der Waals surface area contributed by atoms with Crippen LogP contribution in [0.2, 0.25) is 0 Å². The molecule has 1 aromatic carbocycles. The number of benzene rings is 1. The molecule has 2 amide bonds. The van der Waals surface area contributed by atoms with Crippen molar-refractivity contribution in [3.63, 3.8) is 0 Å². The Morgan fingerprint density at radius 1 is 1.16 bits per heavy atom. The predicted octanol–water partition coefficient (Wildman–Crippen LogP) is 1.80. The van der Waals surface area contributed by atoms with Crippen LogP contribution < -0.4 is 10.1 Å². The monoisotopic (exact) mass is 341 g/mol. The van der Waals surface area contributed by atoms with Crippen LogP contribution in [0.1, 0.15) is 18.1 Å². The first-order valence-corrected chi connectivity index (χ1v) is 8.13. The van der Waals surface area contributed by atoms with Crippen LogP contribution in [-0.2, 0) is 22.6 Å². The molecule has 0 fully saturated rings. The SMILES string of the molecule is COc1ccccc1CCNC(=O)CN(Cc1ccncc1)C(C)=O. The van der Waals surface area contributed by atoms with Gasteiger partial charge in [-0.05, 0) is 35.7 Å². The molecule has 0 atom stereocenters. The highest BCUT2D eigenvalue weighted by molar-refractivity contribution is 5.83. The zero-order valence-corrected chi connectivity index (χ0v) is 14.6. The molecule has 1 heterocycles. The summed E-state index contributed by atoms with van der Waals surface area (Å²) >= 11 is 0. The lowest BCUT2D eigenvalue weighted by atomic mass is 10.1. The Balaban J connectivity index is 1.84. The third-order valence-electron chi connectivity index (χ3n) is 3.81. The summed E-state index contributed by atoms with van der Waals surface area (Å²) in [5, 5.41) is 2.85. The molecular weight excluding hydrogens is 318 g/mol. The van der Waals surface area contributed by atoms with Crippen LogP contribution in [0.15, 0.2) is 48.8 Å². The summed E-state index contributed by atoms with van der Waals surface area (Å²) in [4.78, 5) is 29.4. The van der Waals surface area contributed by atoms with Crippen LogP contribution in [0.5, 0.6) is 5.75 Å². The largest absolute Gasteiger partial charge is 0.496 e. The zero-order valence-electron chi connectivity index (χ0n) is 14.6. The number of methoxy groups -OCH3 is 1. The van der Waals surface area contributed by atoms with Crippen LogP contribution in [0.3, 0.4) is 0 Å². The summed E-state index contributed by atoms with van der Waals surface area (Å²) in [6, 6.07) is 11.4. The lowest BCUT2D eigenvalue weighted by Crippen LogP contribution is -2.39. The summed E-state index contributed by atoms with van der Waals surface area (Å²) in [5.41, 5.74) is 1.97. The summed E-state index contributed by atoms with van der Waals surface area (Å²) < 4.78 is 5.29. The van der Waals surface area contributed by atoms with Gasteiger partial charge in [0, 0.05) is 32.4 Å². The van der Waals surface area contributed by atoms with Gasteiger partial charge in [0.25, 0.3) is 0 Å². The van der Waals surface area contributed by atoms with Crippen LogP contribution >= 0.6 is 0 Å². The van der Waals surface area contributed by atoms with E-state index in [9.17, 15) is 9.59 Å². The van der Waals surface area contributed by atoms with Crippen molar-refractivity contribution in [2.75, 3.05) is 20.2 Å². The molecule has 0 aliphatic heterocycles. The van der Waals surface area contributed by atoms with Gasteiger partial charge in [0.05, 0.1) is 13.7 Å². The van der Waals surface area contributed by atoms with Crippen LogP contribution in [-0.4, -0.2) is 41.9 Å². The van der Waals surface area contributed by atoms with E-state index in [1.54, 1.807) is 19.5 Å². The quantitative estimate of drug-likeness (QED) is 0.795. The van der Waals surface area contributed by atoms with Gasteiger partial charge >= 0.3 is 0 Å². The Kier molecular flexibility index (Phi) is 6.95. The fraction of sp³-hybridized carbons (Fsp3) is 0.316. The highest BCUT2D eigenvalue weighted by atomic mass is 16.5. The predicted molar refractivity (Wildman–Crippen MR) is 95.0 cm³/mol. The van der Waals surface area contributed by atoms with Gasteiger partial charge < -0.3 is 15.0 Å². The number of ether oxygens (including phenoxy) is 1. The number of carbonyl (C=O) groups excluding carboxylic acids is 2. The topological polar surface area (TPSA) is 71.5 Å². The molecule has 132 valence electrons. The standard InChI is InChI=1S/C19H23N3O3/c1-15(23)22(13-16-7-10-20-11-8-16)14-19(24)21-12-9-17-5-3-4-6-18(17)25-2/h3-8,10-11H,9,12-14H2,1-2H3,(H,21,24). The second-order valence-corrected chi connectivity index (χ2v) is 5.64. The highest BCUT2D eigenvalue weighted by Crippen LogP contribution is 2.17. The molecule has 0 aliphatic rings. The molecule has 6 heteroatoms. The molecule has 0 saturated heterocycles. The Hall–Kier alpha value is -2.89. The third-order valence-corrected chi connectivity index (χ3v) is 3.81. The second kappa shape index (κ2) is 9.42. The van der Waals surface area contributed by atoms with Crippen LogP contribution in [0.25, 0.3) is 0 Å². The molecule has 1 aromatic heterocycles. The fourth-order valence-corrected chi connectivity index (χ4v) is 2.46. The van der Waals surface area contributed by atoms with E-state index < -0.39 is 0 Å². The number of hydrogen-bond acceptors (Lipinski definition) is 4. The van der Waals surface area contributed by atoms with E-state index in [0.29, 0.717) is 19.5 Å². The van der Waals surface area contributed by atoms with Gasteiger partial charge in [-0.2, -0.15) is 0 Å². The summed E-state index contributed by atoms with van der Waals surface area (Å²) in [6.45, 7) is 2.37. The molecule has 0 radical (unpaired) electrons. The summed E-state index contributed by atoms with van der Waals surface area (Å²) in [7, 11) is 1.63. The van der Waals surface area contributed by atoms with E-state index in [4.69, 9.17) is 4.74 Å². The van der Waals surface area contributed by atoms with Gasteiger partial charge in [-0.1, -0.05) is 18.2 Å². The first-order valence-electron chi connectivity index (χ1n) is 8.13. The second-order valence-electron chi connectivity index (χ2n) is 5.64. The number of nitrogens with one attached hydrogen (secondary N) is 1. The molecule has 0 unspecified atom stereocenters. The van der Waals surface area contributed by atoms with Crippen molar-refractivity contribution in [1.82, 2.24) is 15.2 Å². The van der Waals surface area contributed by atoms with Crippen molar-refractivity contribution >= 4 is 11.8 Å². The van der Waals surface area contributed by atoms with E-state index in [-0.39, 0.29) is 18.4 Å². The van der Waals surface area contributed by atoms with Crippen molar-refractivity contribution in [1.29, 1.82) is 0 Å². The minimum absolute atomic E-state index is 0.0313. The number of amides is 2. The smallest absolute Gasteiger partial charge is 0.239 e. The number of carbonyl (C=O) groups is 2. The van der Waals surface area contributed by atoms with Gasteiger partial charge in [-0.15, -0.1) is 0 Å². The third kappa shape index (κ3) is 5.91. The number of pyridine rings is 1.